The zero-order valence-corrected chi connectivity index (χ0v) is 8.59. The summed E-state index contributed by atoms with van der Waals surface area (Å²) in [5, 5.41) is 13.0. The SMILES string of the molecule is Cc1c(O)cccc1[C@@H]1CCCNC1. The van der Waals surface area contributed by atoms with Crippen LogP contribution in [0.15, 0.2) is 18.2 Å². The van der Waals surface area contributed by atoms with Gasteiger partial charge >= 0.3 is 0 Å². The number of rotatable bonds is 1. The Labute approximate surface area is 85.0 Å². The third-order valence-electron chi connectivity index (χ3n) is 3.08. The average Bonchev–Trinajstić information content (AvgIpc) is 2.23. The van der Waals surface area contributed by atoms with Crippen molar-refractivity contribution in [2.75, 3.05) is 13.1 Å². The van der Waals surface area contributed by atoms with E-state index < -0.39 is 0 Å². The minimum atomic E-state index is 0.424. The molecule has 0 aromatic heterocycles. The molecule has 1 aromatic rings. The Morgan fingerprint density at radius 1 is 1.43 bits per heavy atom. The van der Waals surface area contributed by atoms with Gasteiger partial charge in [-0.2, -0.15) is 0 Å². The van der Waals surface area contributed by atoms with E-state index in [0.29, 0.717) is 11.7 Å². The second-order valence-electron chi connectivity index (χ2n) is 4.03. The molecule has 1 heterocycles. The summed E-state index contributed by atoms with van der Waals surface area (Å²) in [6.07, 6.45) is 2.47. The Morgan fingerprint density at radius 2 is 2.29 bits per heavy atom. The highest BCUT2D eigenvalue weighted by Gasteiger charge is 2.17. The van der Waals surface area contributed by atoms with Crippen LogP contribution in [0.1, 0.15) is 29.9 Å². The first-order valence-electron chi connectivity index (χ1n) is 5.28. The Kier molecular flexibility index (Phi) is 2.73. The second-order valence-corrected chi connectivity index (χ2v) is 4.03. The Hall–Kier alpha value is -1.02. The van der Waals surface area contributed by atoms with Gasteiger partial charge in [-0.1, -0.05) is 12.1 Å². The molecule has 2 nitrogen and oxygen atoms in total. The lowest BCUT2D eigenvalue weighted by Crippen LogP contribution is -2.28. The molecule has 0 unspecified atom stereocenters. The number of phenols is 1. The van der Waals surface area contributed by atoms with Crippen molar-refractivity contribution in [2.24, 2.45) is 0 Å². The van der Waals surface area contributed by atoms with Crippen LogP contribution < -0.4 is 5.32 Å². The molecule has 1 atom stereocenters. The van der Waals surface area contributed by atoms with Gasteiger partial charge < -0.3 is 10.4 Å². The normalized spacial score (nSPS) is 22.2. The van der Waals surface area contributed by atoms with Crippen LogP contribution in [0.3, 0.4) is 0 Å². The zero-order chi connectivity index (χ0) is 9.97. The van der Waals surface area contributed by atoms with E-state index in [-0.39, 0.29) is 0 Å². The fourth-order valence-corrected chi connectivity index (χ4v) is 2.20. The van der Waals surface area contributed by atoms with Gasteiger partial charge in [0.05, 0.1) is 0 Å². The Bertz CT molecular complexity index is 316. The summed E-state index contributed by atoms with van der Waals surface area (Å²) in [7, 11) is 0. The summed E-state index contributed by atoms with van der Waals surface area (Å²) in [6.45, 7) is 4.18. The summed E-state index contributed by atoms with van der Waals surface area (Å²) in [6, 6.07) is 5.83. The minimum Gasteiger partial charge on any atom is -0.508 e. The Morgan fingerprint density at radius 3 is 3.00 bits per heavy atom. The third-order valence-corrected chi connectivity index (χ3v) is 3.08. The fourth-order valence-electron chi connectivity index (χ4n) is 2.20. The lowest BCUT2D eigenvalue weighted by Gasteiger charge is -2.24. The summed E-state index contributed by atoms with van der Waals surface area (Å²) in [5.74, 6) is 1.00. The van der Waals surface area contributed by atoms with Gasteiger partial charge in [-0.15, -0.1) is 0 Å². The first-order chi connectivity index (χ1) is 6.79. The first-order valence-corrected chi connectivity index (χ1v) is 5.28. The third kappa shape index (κ3) is 1.75. The van der Waals surface area contributed by atoms with E-state index in [9.17, 15) is 5.11 Å². The number of nitrogens with one attached hydrogen (secondary N) is 1. The highest BCUT2D eigenvalue weighted by molar-refractivity contribution is 5.40. The molecule has 0 bridgehead atoms. The summed E-state index contributed by atoms with van der Waals surface area (Å²) in [4.78, 5) is 0. The van der Waals surface area contributed by atoms with Crippen molar-refractivity contribution in [3.63, 3.8) is 0 Å². The highest BCUT2D eigenvalue weighted by Crippen LogP contribution is 2.29. The summed E-state index contributed by atoms with van der Waals surface area (Å²) >= 11 is 0. The van der Waals surface area contributed by atoms with Crippen LogP contribution in [0.2, 0.25) is 0 Å². The number of hydrogen-bond acceptors (Lipinski definition) is 2. The maximum Gasteiger partial charge on any atom is 0.118 e. The topological polar surface area (TPSA) is 32.3 Å². The van der Waals surface area contributed by atoms with Gasteiger partial charge in [0.25, 0.3) is 0 Å². The van der Waals surface area contributed by atoms with Gasteiger partial charge in [0.1, 0.15) is 5.75 Å². The molecule has 0 amide bonds. The van der Waals surface area contributed by atoms with Gasteiger partial charge in [0.2, 0.25) is 0 Å². The molecule has 0 aliphatic carbocycles. The van der Waals surface area contributed by atoms with Gasteiger partial charge in [-0.25, -0.2) is 0 Å². The monoisotopic (exact) mass is 191 g/mol. The van der Waals surface area contributed by atoms with Crippen molar-refractivity contribution in [3.05, 3.63) is 29.3 Å². The molecule has 2 rings (SSSR count). The quantitative estimate of drug-likeness (QED) is 0.713. The molecule has 2 heteroatoms. The van der Waals surface area contributed by atoms with Crippen molar-refractivity contribution in [1.82, 2.24) is 5.32 Å². The highest BCUT2D eigenvalue weighted by atomic mass is 16.3. The van der Waals surface area contributed by atoms with E-state index >= 15 is 0 Å². The molecule has 0 saturated carbocycles. The molecule has 2 N–H and O–H groups in total. The molecular weight excluding hydrogens is 174 g/mol. The molecule has 0 radical (unpaired) electrons. The maximum atomic E-state index is 9.61. The minimum absolute atomic E-state index is 0.424. The first kappa shape index (κ1) is 9.53. The van der Waals surface area contributed by atoms with Gasteiger partial charge in [-0.05, 0) is 49.4 Å². The summed E-state index contributed by atoms with van der Waals surface area (Å²) < 4.78 is 0. The molecule has 1 aliphatic rings. The predicted molar refractivity (Wildman–Crippen MR) is 57.7 cm³/mol. The van der Waals surface area contributed by atoms with Crippen molar-refractivity contribution in [2.45, 2.75) is 25.7 Å². The number of hydrogen-bond donors (Lipinski definition) is 2. The zero-order valence-electron chi connectivity index (χ0n) is 8.59. The van der Waals surface area contributed by atoms with Gasteiger partial charge in [0, 0.05) is 6.54 Å². The molecule has 1 fully saturated rings. The molecule has 14 heavy (non-hydrogen) atoms. The van der Waals surface area contributed by atoms with Crippen LogP contribution in [-0.2, 0) is 0 Å². The van der Waals surface area contributed by atoms with E-state index in [1.54, 1.807) is 6.07 Å². The van der Waals surface area contributed by atoms with E-state index in [1.165, 1.54) is 18.4 Å². The molecule has 1 aliphatic heterocycles. The van der Waals surface area contributed by atoms with Crippen molar-refractivity contribution >= 4 is 0 Å². The standard InChI is InChI=1S/C12H17NO/c1-9-11(5-2-6-12(9)14)10-4-3-7-13-8-10/h2,5-6,10,13-14H,3-4,7-8H2,1H3/t10-/m1/s1. The number of benzene rings is 1. The van der Waals surface area contributed by atoms with Crippen molar-refractivity contribution in [1.29, 1.82) is 0 Å². The van der Waals surface area contributed by atoms with Crippen LogP contribution in [0, 0.1) is 6.92 Å². The number of phenolic OH excluding ortho intramolecular Hbond substituents is 1. The smallest absolute Gasteiger partial charge is 0.118 e. The maximum absolute atomic E-state index is 9.61. The van der Waals surface area contributed by atoms with E-state index in [1.807, 2.05) is 13.0 Å². The summed E-state index contributed by atoms with van der Waals surface area (Å²) in [5.41, 5.74) is 2.35. The molecule has 76 valence electrons. The van der Waals surface area contributed by atoms with E-state index in [4.69, 9.17) is 0 Å². The lowest BCUT2D eigenvalue weighted by molar-refractivity contribution is 0.448. The molecule has 1 aromatic carbocycles. The lowest BCUT2D eigenvalue weighted by atomic mass is 9.88. The van der Waals surface area contributed by atoms with Crippen molar-refractivity contribution in [3.8, 4) is 5.75 Å². The van der Waals surface area contributed by atoms with Crippen molar-refractivity contribution < 1.29 is 5.11 Å². The molecule has 0 spiro atoms. The Balaban J connectivity index is 2.26. The van der Waals surface area contributed by atoms with E-state index in [0.717, 1.165) is 18.7 Å². The molecular formula is C12H17NO. The largest absolute Gasteiger partial charge is 0.508 e. The molecule has 1 saturated heterocycles. The van der Waals surface area contributed by atoms with Gasteiger partial charge in [-0.3, -0.25) is 0 Å². The van der Waals surface area contributed by atoms with Crippen LogP contribution in [0.5, 0.6) is 5.75 Å². The van der Waals surface area contributed by atoms with Crippen LogP contribution in [-0.4, -0.2) is 18.2 Å². The predicted octanol–water partition coefficient (Wildman–Crippen LogP) is 2.17. The second kappa shape index (κ2) is 4.01. The van der Waals surface area contributed by atoms with Crippen LogP contribution in [0.4, 0.5) is 0 Å². The van der Waals surface area contributed by atoms with Crippen LogP contribution in [0.25, 0.3) is 0 Å². The number of aromatic hydroxyl groups is 1. The number of piperidine rings is 1. The van der Waals surface area contributed by atoms with Gasteiger partial charge in [0.15, 0.2) is 0 Å². The van der Waals surface area contributed by atoms with E-state index in [2.05, 4.69) is 11.4 Å². The average molecular weight is 191 g/mol. The fraction of sp³-hybridized carbons (Fsp3) is 0.500. The van der Waals surface area contributed by atoms with Crippen LogP contribution >= 0.6 is 0 Å².